The number of alkyl halides is 3. The quantitative estimate of drug-likeness (QED) is 0.875. The second-order valence-corrected chi connectivity index (χ2v) is 4.37. The average molecular weight is 293 g/mol. The van der Waals surface area contributed by atoms with Crippen molar-refractivity contribution in [3.05, 3.63) is 18.2 Å². The van der Waals surface area contributed by atoms with Crippen LogP contribution in [0.15, 0.2) is 12.5 Å². The summed E-state index contributed by atoms with van der Waals surface area (Å²) >= 11 is 0. The molecule has 1 aromatic heterocycles. The van der Waals surface area contributed by atoms with E-state index in [0.717, 1.165) is 0 Å². The maximum Gasteiger partial charge on any atom is 0.417 e. The van der Waals surface area contributed by atoms with Crippen LogP contribution in [0.3, 0.4) is 0 Å². The van der Waals surface area contributed by atoms with E-state index in [9.17, 15) is 18.0 Å². The van der Waals surface area contributed by atoms with Gasteiger partial charge < -0.3 is 19.4 Å². The molecule has 0 aliphatic carbocycles. The first-order valence-electron chi connectivity index (χ1n) is 5.92. The Hall–Kier alpha value is -1.61. The second-order valence-electron chi connectivity index (χ2n) is 4.37. The van der Waals surface area contributed by atoms with Crippen LogP contribution >= 0.6 is 0 Å². The Morgan fingerprint density at radius 1 is 1.50 bits per heavy atom. The van der Waals surface area contributed by atoms with Gasteiger partial charge in [-0.2, -0.15) is 13.2 Å². The van der Waals surface area contributed by atoms with E-state index in [1.54, 1.807) is 17.8 Å². The highest BCUT2D eigenvalue weighted by atomic mass is 19.4. The molecule has 112 valence electrons. The van der Waals surface area contributed by atoms with Crippen LogP contribution in [0.2, 0.25) is 0 Å². The van der Waals surface area contributed by atoms with Crippen molar-refractivity contribution in [2.75, 3.05) is 13.2 Å². The largest absolute Gasteiger partial charge is 0.417 e. The fraction of sp³-hybridized carbons (Fsp3) is 0.636. The van der Waals surface area contributed by atoms with Gasteiger partial charge in [0.2, 0.25) is 0 Å². The lowest BCUT2D eigenvalue weighted by atomic mass is 10.1. The van der Waals surface area contributed by atoms with Crippen LogP contribution in [0.5, 0.6) is 0 Å². The van der Waals surface area contributed by atoms with Crippen molar-refractivity contribution in [1.29, 1.82) is 0 Å². The summed E-state index contributed by atoms with van der Waals surface area (Å²) in [6.45, 7) is -0.202. The monoisotopic (exact) mass is 293 g/mol. The summed E-state index contributed by atoms with van der Waals surface area (Å²) in [7, 11) is 1.75. The molecule has 2 heterocycles. The summed E-state index contributed by atoms with van der Waals surface area (Å²) in [5.74, 6) is -0.863. The van der Waals surface area contributed by atoms with Gasteiger partial charge in [-0.1, -0.05) is 0 Å². The topological polar surface area (TPSA) is 65.4 Å². The normalized spacial score (nSPS) is 23.6. The van der Waals surface area contributed by atoms with Crippen LogP contribution < -0.4 is 5.32 Å². The van der Waals surface area contributed by atoms with Crippen LogP contribution in [-0.2, 0) is 27.9 Å². The molecule has 1 fully saturated rings. The van der Waals surface area contributed by atoms with Gasteiger partial charge in [0.05, 0.1) is 31.8 Å². The maximum absolute atomic E-state index is 12.7. The van der Waals surface area contributed by atoms with Gasteiger partial charge in [0.1, 0.15) is 0 Å². The number of rotatable bonds is 3. The molecule has 1 aromatic rings. The van der Waals surface area contributed by atoms with Gasteiger partial charge >= 0.3 is 6.18 Å². The summed E-state index contributed by atoms with van der Waals surface area (Å²) < 4.78 is 49.3. The van der Waals surface area contributed by atoms with Gasteiger partial charge in [0.15, 0.2) is 12.2 Å². The maximum atomic E-state index is 12.7. The summed E-state index contributed by atoms with van der Waals surface area (Å²) in [6, 6.07) is 0. The molecule has 1 amide bonds. The standard InChI is InChI=1S/C11H14F3N3O3/c1-17-5-7(16-6-17)4-15-10(18)8-9(11(12,13)14)20-3-2-19-8/h5-6,8-9H,2-4H2,1H3,(H,15,18)/t8-,9+/m1/s1. The number of ether oxygens (including phenoxy) is 2. The zero-order chi connectivity index (χ0) is 14.8. The van der Waals surface area contributed by atoms with Crippen LogP contribution in [0.25, 0.3) is 0 Å². The van der Waals surface area contributed by atoms with Crippen molar-refractivity contribution in [1.82, 2.24) is 14.9 Å². The molecule has 1 saturated heterocycles. The minimum absolute atomic E-state index is 0.0319. The van der Waals surface area contributed by atoms with E-state index in [0.29, 0.717) is 5.69 Å². The molecule has 0 bridgehead atoms. The molecule has 1 aliphatic rings. The Balaban J connectivity index is 1.96. The molecule has 1 N–H and O–H groups in total. The molecule has 20 heavy (non-hydrogen) atoms. The number of amides is 1. The SMILES string of the molecule is Cn1cnc(CNC(=O)[C@@H]2OCCO[C@@H]2C(F)(F)F)c1. The van der Waals surface area contributed by atoms with E-state index in [1.165, 1.54) is 6.33 Å². The molecule has 0 radical (unpaired) electrons. The molecular formula is C11H14F3N3O3. The minimum atomic E-state index is -4.65. The highest BCUT2D eigenvalue weighted by Crippen LogP contribution is 2.28. The van der Waals surface area contributed by atoms with Crippen molar-refractivity contribution >= 4 is 5.91 Å². The summed E-state index contributed by atoms with van der Waals surface area (Å²) in [6.07, 6.45) is -5.39. The van der Waals surface area contributed by atoms with Crippen molar-refractivity contribution in [3.63, 3.8) is 0 Å². The third-order valence-corrected chi connectivity index (χ3v) is 2.74. The molecule has 2 rings (SSSR count). The van der Waals surface area contributed by atoms with E-state index < -0.39 is 24.3 Å². The first-order valence-corrected chi connectivity index (χ1v) is 5.92. The molecule has 0 aromatic carbocycles. The molecule has 9 heteroatoms. The third-order valence-electron chi connectivity index (χ3n) is 2.74. The average Bonchev–Trinajstić information content (AvgIpc) is 2.81. The number of carbonyl (C=O) groups is 1. The number of hydrogen-bond donors (Lipinski definition) is 1. The van der Waals surface area contributed by atoms with Crippen molar-refractivity contribution in [2.45, 2.75) is 24.9 Å². The Morgan fingerprint density at radius 2 is 2.20 bits per heavy atom. The third kappa shape index (κ3) is 3.48. The lowest BCUT2D eigenvalue weighted by molar-refractivity contribution is -0.272. The van der Waals surface area contributed by atoms with Gasteiger partial charge in [-0.05, 0) is 0 Å². The highest BCUT2D eigenvalue weighted by Gasteiger charge is 2.50. The Bertz CT molecular complexity index is 475. The van der Waals surface area contributed by atoms with Crippen molar-refractivity contribution in [2.24, 2.45) is 7.05 Å². The molecule has 0 spiro atoms. The van der Waals surface area contributed by atoms with Crippen LogP contribution in [0.4, 0.5) is 13.2 Å². The lowest BCUT2D eigenvalue weighted by Gasteiger charge is -2.32. The minimum Gasteiger partial charge on any atom is -0.363 e. The van der Waals surface area contributed by atoms with Gasteiger partial charge in [-0.3, -0.25) is 4.79 Å². The predicted octanol–water partition coefficient (Wildman–Crippen LogP) is 0.383. The number of nitrogens with one attached hydrogen (secondary N) is 1. The number of carbonyl (C=O) groups excluding carboxylic acids is 1. The summed E-state index contributed by atoms with van der Waals surface area (Å²) in [4.78, 5) is 15.7. The Labute approximate surface area is 112 Å². The van der Waals surface area contributed by atoms with E-state index in [2.05, 4.69) is 15.0 Å². The fourth-order valence-electron chi connectivity index (χ4n) is 1.84. The van der Waals surface area contributed by atoms with E-state index in [1.807, 2.05) is 0 Å². The Morgan fingerprint density at radius 3 is 2.80 bits per heavy atom. The lowest BCUT2D eigenvalue weighted by Crippen LogP contribution is -2.54. The van der Waals surface area contributed by atoms with Gasteiger partial charge in [0.25, 0.3) is 5.91 Å². The zero-order valence-corrected chi connectivity index (χ0v) is 10.7. The van der Waals surface area contributed by atoms with Crippen LogP contribution in [-0.4, -0.2) is 47.1 Å². The number of aromatic nitrogens is 2. The number of hydrogen-bond acceptors (Lipinski definition) is 4. The number of halogens is 3. The fourth-order valence-corrected chi connectivity index (χ4v) is 1.84. The van der Waals surface area contributed by atoms with E-state index in [-0.39, 0.29) is 19.8 Å². The van der Waals surface area contributed by atoms with Crippen molar-refractivity contribution < 1.29 is 27.4 Å². The van der Waals surface area contributed by atoms with Gasteiger partial charge in [-0.25, -0.2) is 4.98 Å². The highest BCUT2D eigenvalue weighted by molar-refractivity contribution is 5.81. The molecule has 2 atom stereocenters. The first kappa shape index (κ1) is 14.8. The Kier molecular flexibility index (Phi) is 4.29. The summed E-state index contributed by atoms with van der Waals surface area (Å²) in [5, 5.41) is 2.36. The van der Waals surface area contributed by atoms with Gasteiger partial charge in [-0.15, -0.1) is 0 Å². The van der Waals surface area contributed by atoms with Crippen LogP contribution in [0.1, 0.15) is 5.69 Å². The zero-order valence-electron chi connectivity index (χ0n) is 10.7. The molecule has 0 saturated carbocycles. The number of nitrogens with zero attached hydrogens (tertiary/aromatic N) is 2. The van der Waals surface area contributed by atoms with Crippen molar-refractivity contribution in [3.8, 4) is 0 Å². The number of aryl methyl sites for hydroxylation is 1. The van der Waals surface area contributed by atoms with Crippen LogP contribution in [0, 0.1) is 0 Å². The molecule has 1 aliphatic heterocycles. The van der Waals surface area contributed by atoms with Gasteiger partial charge in [0, 0.05) is 13.2 Å². The van der Waals surface area contributed by atoms with E-state index in [4.69, 9.17) is 4.74 Å². The summed E-state index contributed by atoms with van der Waals surface area (Å²) in [5.41, 5.74) is 0.543. The predicted molar refractivity (Wildman–Crippen MR) is 60.6 cm³/mol. The second kappa shape index (κ2) is 5.80. The number of imidazole rings is 1. The smallest absolute Gasteiger partial charge is 0.363 e. The molecular weight excluding hydrogens is 279 g/mol. The van der Waals surface area contributed by atoms with E-state index >= 15 is 0 Å². The first-order chi connectivity index (χ1) is 9.38. The molecule has 6 nitrogen and oxygen atoms in total. The molecule has 0 unspecified atom stereocenters.